The van der Waals surface area contributed by atoms with E-state index >= 15 is 0 Å². The third-order valence-electron chi connectivity index (χ3n) is 6.56. The Kier molecular flexibility index (Phi) is 7.05. The third kappa shape index (κ3) is 5.14. The average Bonchev–Trinajstić information content (AvgIpc) is 3.40. The van der Waals surface area contributed by atoms with Crippen LogP contribution < -0.4 is 15.3 Å². The SMILES string of the molecule is CCN(CC)c1ccc(C2C=C(c3ccc(C#Cc4ccccc4)cc3)NN2c2ccccc2)cc1. The largest absolute Gasteiger partial charge is 0.372 e. The monoisotopic (exact) mass is 469 g/mol. The third-order valence-corrected chi connectivity index (χ3v) is 6.56. The first-order valence-electron chi connectivity index (χ1n) is 12.6. The molecule has 0 saturated carbocycles. The van der Waals surface area contributed by atoms with Gasteiger partial charge in [-0.1, -0.05) is 72.5 Å². The number of benzene rings is 4. The lowest BCUT2D eigenvalue weighted by molar-refractivity contribution is 0.724. The van der Waals surface area contributed by atoms with Gasteiger partial charge in [0.05, 0.1) is 17.4 Å². The Morgan fingerprint density at radius 2 is 1.28 bits per heavy atom. The summed E-state index contributed by atoms with van der Waals surface area (Å²) in [7, 11) is 0. The fraction of sp³-hybridized carbons (Fsp3) is 0.152. The summed E-state index contributed by atoms with van der Waals surface area (Å²) in [6.45, 7) is 6.41. The topological polar surface area (TPSA) is 18.5 Å². The van der Waals surface area contributed by atoms with Crippen LogP contribution >= 0.6 is 0 Å². The van der Waals surface area contributed by atoms with Crippen LogP contribution in [0, 0.1) is 11.8 Å². The number of nitrogens with zero attached hydrogens (tertiary/aromatic N) is 2. The maximum absolute atomic E-state index is 3.66. The minimum Gasteiger partial charge on any atom is -0.372 e. The van der Waals surface area contributed by atoms with E-state index in [4.69, 9.17) is 0 Å². The predicted octanol–water partition coefficient (Wildman–Crippen LogP) is 7.04. The molecule has 0 saturated heterocycles. The second-order valence-corrected chi connectivity index (χ2v) is 8.80. The van der Waals surface area contributed by atoms with Gasteiger partial charge in [-0.2, -0.15) is 0 Å². The fourth-order valence-electron chi connectivity index (χ4n) is 4.56. The first-order chi connectivity index (χ1) is 17.7. The highest BCUT2D eigenvalue weighted by Gasteiger charge is 2.27. The molecular weight excluding hydrogens is 438 g/mol. The van der Waals surface area contributed by atoms with E-state index in [2.05, 4.69) is 126 Å². The van der Waals surface area contributed by atoms with Crippen LogP contribution in [-0.4, -0.2) is 13.1 Å². The summed E-state index contributed by atoms with van der Waals surface area (Å²) in [5.74, 6) is 6.50. The zero-order chi connectivity index (χ0) is 24.7. The summed E-state index contributed by atoms with van der Waals surface area (Å²) in [4.78, 5) is 2.37. The molecule has 0 radical (unpaired) electrons. The number of hydrogen-bond acceptors (Lipinski definition) is 3. The van der Waals surface area contributed by atoms with Crippen molar-refractivity contribution < 1.29 is 0 Å². The molecule has 0 spiro atoms. The average molecular weight is 470 g/mol. The van der Waals surface area contributed by atoms with E-state index in [9.17, 15) is 0 Å². The Labute approximate surface area is 214 Å². The second-order valence-electron chi connectivity index (χ2n) is 8.80. The van der Waals surface area contributed by atoms with Crippen molar-refractivity contribution in [3.8, 4) is 11.8 Å². The van der Waals surface area contributed by atoms with Crippen molar-refractivity contribution in [2.75, 3.05) is 23.0 Å². The lowest BCUT2D eigenvalue weighted by Crippen LogP contribution is -2.33. The van der Waals surface area contributed by atoms with Gasteiger partial charge in [0.2, 0.25) is 0 Å². The molecule has 1 N–H and O–H groups in total. The van der Waals surface area contributed by atoms with Gasteiger partial charge in [0, 0.05) is 29.9 Å². The van der Waals surface area contributed by atoms with Crippen LogP contribution in [0.5, 0.6) is 0 Å². The Morgan fingerprint density at radius 1 is 0.694 bits per heavy atom. The van der Waals surface area contributed by atoms with Crippen molar-refractivity contribution in [2.45, 2.75) is 19.9 Å². The van der Waals surface area contributed by atoms with E-state index in [-0.39, 0.29) is 6.04 Å². The van der Waals surface area contributed by atoms with Gasteiger partial charge >= 0.3 is 0 Å². The molecule has 3 nitrogen and oxygen atoms in total. The fourth-order valence-corrected chi connectivity index (χ4v) is 4.56. The van der Waals surface area contributed by atoms with Crippen molar-refractivity contribution in [2.24, 2.45) is 0 Å². The van der Waals surface area contributed by atoms with Crippen LogP contribution in [0.1, 0.15) is 42.1 Å². The van der Waals surface area contributed by atoms with Crippen molar-refractivity contribution >= 4 is 17.1 Å². The van der Waals surface area contributed by atoms with Crippen molar-refractivity contribution in [1.82, 2.24) is 5.43 Å². The summed E-state index contributed by atoms with van der Waals surface area (Å²) in [6.07, 6.45) is 2.31. The zero-order valence-electron chi connectivity index (χ0n) is 20.9. The van der Waals surface area contributed by atoms with E-state index in [1.54, 1.807) is 0 Å². The predicted molar refractivity (Wildman–Crippen MR) is 152 cm³/mol. The maximum atomic E-state index is 3.66. The van der Waals surface area contributed by atoms with E-state index in [1.165, 1.54) is 11.3 Å². The molecule has 1 unspecified atom stereocenters. The second kappa shape index (κ2) is 10.9. The van der Waals surface area contributed by atoms with E-state index < -0.39 is 0 Å². The van der Waals surface area contributed by atoms with Gasteiger partial charge in [-0.3, -0.25) is 10.4 Å². The molecule has 36 heavy (non-hydrogen) atoms. The molecule has 0 aromatic heterocycles. The summed E-state index contributed by atoms with van der Waals surface area (Å²) >= 11 is 0. The molecule has 1 aliphatic rings. The van der Waals surface area contributed by atoms with Gasteiger partial charge in [0.1, 0.15) is 0 Å². The minimum atomic E-state index is 0.0886. The number of hydrogen-bond donors (Lipinski definition) is 1. The minimum absolute atomic E-state index is 0.0886. The number of nitrogens with one attached hydrogen (secondary N) is 1. The first-order valence-corrected chi connectivity index (χ1v) is 12.6. The summed E-state index contributed by atoms with van der Waals surface area (Å²) in [5, 5.41) is 2.24. The van der Waals surface area contributed by atoms with Crippen LogP contribution in [0.2, 0.25) is 0 Å². The molecule has 0 bridgehead atoms. The quantitative estimate of drug-likeness (QED) is 0.306. The van der Waals surface area contributed by atoms with Gasteiger partial charge in [-0.25, -0.2) is 0 Å². The molecule has 4 aromatic rings. The smallest absolute Gasteiger partial charge is 0.0958 e. The molecule has 0 amide bonds. The van der Waals surface area contributed by atoms with Crippen molar-refractivity contribution in [1.29, 1.82) is 0 Å². The van der Waals surface area contributed by atoms with Gasteiger partial charge in [0.15, 0.2) is 0 Å². The lowest BCUT2D eigenvalue weighted by Gasteiger charge is -2.28. The Hall–Kier alpha value is -4.42. The number of rotatable bonds is 6. The standard InChI is InChI=1S/C33H31N3/c1-3-35(4-2)30-23-21-29(22-24-30)33-25-32(34-36(33)31-13-9-6-10-14-31)28-19-17-27(18-20-28)16-15-26-11-7-5-8-12-26/h5-14,17-25,33-34H,3-4H2,1-2H3. The zero-order valence-corrected chi connectivity index (χ0v) is 20.9. The molecule has 1 heterocycles. The number of anilines is 2. The van der Waals surface area contributed by atoms with Crippen molar-refractivity contribution in [3.63, 3.8) is 0 Å². The van der Waals surface area contributed by atoms with E-state index in [0.717, 1.165) is 41.2 Å². The highest BCUT2D eigenvalue weighted by molar-refractivity contribution is 5.72. The van der Waals surface area contributed by atoms with E-state index in [0.29, 0.717) is 0 Å². The van der Waals surface area contributed by atoms with Gasteiger partial charge < -0.3 is 4.90 Å². The van der Waals surface area contributed by atoms with E-state index in [1.807, 2.05) is 30.3 Å². The van der Waals surface area contributed by atoms with Crippen LogP contribution in [0.3, 0.4) is 0 Å². The molecule has 3 heteroatoms. The molecule has 5 rings (SSSR count). The van der Waals surface area contributed by atoms with Gasteiger partial charge in [0.25, 0.3) is 0 Å². The summed E-state index contributed by atoms with van der Waals surface area (Å²) in [5.41, 5.74) is 11.6. The number of para-hydroxylation sites is 1. The maximum Gasteiger partial charge on any atom is 0.0958 e. The highest BCUT2D eigenvalue weighted by atomic mass is 15.5. The molecule has 1 aliphatic heterocycles. The molecule has 178 valence electrons. The van der Waals surface area contributed by atoms with Crippen LogP contribution in [0.4, 0.5) is 11.4 Å². The van der Waals surface area contributed by atoms with Crippen molar-refractivity contribution in [3.05, 3.63) is 138 Å². The Balaban J connectivity index is 1.42. The Morgan fingerprint density at radius 3 is 1.89 bits per heavy atom. The highest BCUT2D eigenvalue weighted by Crippen LogP contribution is 2.35. The summed E-state index contributed by atoms with van der Waals surface area (Å²) in [6, 6.07) is 38.1. The van der Waals surface area contributed by atoms with Crippen LogP contribution in [0.25, 0.3) is 5.70 Å². The molecule has 0 aliphatic carbocycles. The molecular formula is C33H31N3. The first kappa shape index (κ1) is 23.3. The van der Waals surface area contributed by atoms with Crippen LogP contribution in [0.15, 0.2) is 115 Å². The lowest BCUT2D eigenvalue weighted by atomic mass is 10.0. The Bertz CT molecular complexity index is 1360. The summed E-state index contributed by atoms with van der Waals surface area (Å²) < 4.78 is 0. The van der Waals surface area contributed by atoms with Gasteiger partial charge in [-0.15, -0.1) is 0 Å². The number of hydrazine groups is 1. The molecule has 1 atom stereocenters. The molecule has 0 fully saturated rings. The normalized spacial score (nSPS) is 14.4. The van der Waals surface area contributed by atoms with Gasteiger partial charge in [-0.05, 0) is 79.6 Å². The molecule has 4 aromatic carbocycles. The van der Waals surface area contributed by atoms with Crippen LogP contribution in [-0.2, 0) is 0 Å².